The molecule has 2 rings (SSSR count). The van der Waals surface area contributed by atoms with Crippen LogP contribution in [0, 0.1) is 0 Å². The first kappa shape index (κ1) is 20.9. The summed E-state index contributed by atoms with van der Waals surface area (Å²) in [7, 11) is 0. The maximum absolute atomic E-state index is 12.2. The molecule has 9 heteroatoms. The SMILES string of the molecule is CCOC(=O)C1=C(COC(=O)[C@H](C)NC(=O)c2ccccc2)NC(=O)N[C@@H]1C. The fourth-order valence-corrected chi connectivity index (χ4v) is 2.59. The summed E-state index contributed by atoms with van der Waals surface area (Å²) in [6.45, 7) is 4.59. The lowest BCUT2D eigenvalue weighted by molar-refractivity contribution is -0.145. The molecule has 9 nitrogen and oxygen atoms in total. The Morgan fingerprint density at radius 3 is 2.50 bits per heavy atom. The fraction of sp³-hybridized carbons (Fsp3) is 0.368. The van der Waals surface area contributed by atoms with Crippen LogP contribution in [-0.4, -0.2) is 49.2 Å². The highest BCUT2D eigenvalue weighted by Gasteiger charge is 2.30. The summed E-state index contributed by atoms with van der Waals surface area (Å²) in [5, 5.41) is 7.54. The van der Waals surface area contributed by atoms with Crippen LogP contribution in [-0.2, 0) is 19.1 Å². The number of carbonyl (C=O) groups excluding carboxylic acids is 4. The van der Waals surface area contributed by atoms with Crippen molar-refractivity contribution < 1.29 is 28.7 Å². The van der Waals surface area contributed by atoms with Gasteiger partial charge in [0.15, 0.2) is 0 Å². The standard InChI is InChI=1S/C19H23N3O6/c1-4-27-18(25)15-11(2)21-19(26)22-14(15)10-28-17(24)12(3)20-16(23)13-8-6-5-7-9-13/h5-9,11-12H,4,10H2,1-3H3,(H,20,23)(H2,21,22,26)/t11-,12+/m1/s1. The molecule has 1 aliphatic heterocycles. The van der Waals surface area contributed by atoms with Crippen LogP contribution in [0.1, 0.15) is 31.1 Å². The monoisotopic (exact) mass is 389 g/mol. The van der Waals surface area contributed by atoms with Crippen LogP contribution in [0.3, 0.4) is 0 Å². The van der Waals surface area contributed by atoms with E-state index in [4.69, 9.17) is 9.47 Å². The zero-order valence-corrected chi connectivity index (χ0v) is 15.9. The van der Waals surface area contributed by atoms with Crippen molar-refractivity contribution >= 4 is 23.9 Å². The highest BCUT2D eigenvalue weighted by molar-refractivity contribution is 5.97. The number of urea groups is 1. The summed E-state index contributed by atoms with van der Waals surface area (Å²) in [4.78, 5) is 48.1. The van der Waals surface area contributed by atoms with Crippen LogP contribution < -0.4 is 16.0 Å². The average Bonchev–Trinajstić information content (AvgIpc) is 2.66. The van der Waals surface area contributed by atoms with E-state index < -0.39 is 36.0 Å². The van der Waals surface area contributed by atoms with E-state index in [0.29, 0.717) is 5.56 Å². The number of rotatable bonds is 7. The number of ether oxygens (including phenoxy) is 2. The van der Waals surface area contributed by atoms with Crippen molar-refractivity contribution in [3.05, 3.63) is 47.2 Å². The second-order valence-corrected chi connectivity index (χ2v) is 6.10. The van der Waals surface area contributed by atoms with E-state index in [1.165, 1.54) is 6.92 Å². The quantitative estimate of drug-likeness (QED) is 0.595. The molecule has 3 N–H and O–H groups in total. The fourth-order valence-electron chi connectivity index (χ4n) is 2.59. The van der Waals surface area contributed by atoms with Crippen molar-refractivity contribution in [2.75, 3.05) is 13.2 Å². The number of esters is 2. The van der Waals surface area contributed by atoms with Crippen molar-refractivity contribution in [2.45, 2.75) is 32.9 Å². The number of hydrogen-bond acceptors (Lipinski definition) is 6. The molecule has 0 radical (unpaired) electrons. The molecular weight excluding hydrogens is 366 g/mol. The molecule has 150 valence electrons. The van der Waals surface area contributed by atoms with Crippen molar-refractivity contribution in [3.63, 3.8) is 0 Å². The Bertz CT molecular complexity index is 790. The third kappa shape index (κ3) is 5.32. The van der Waals surface area contributed by atoms with Crippen LogP contribution in [0.4, 0.5) is 4.79 Å². The van der Waals surface area contributed by atoms with Crippen LogP contribution in [0.5, 0.6) is 0 Å². The molecule has 0 spiro atoms. The molecule has 0 aromatic heterocycles. The predicted octanol–water partition coefficient (Wildman–Crippen LogP) is 0.867. The number of amides is 3. The minimum atomic E-state index is -0.922. The number of hydrogen-bond donors (Lipinski definition) is 3. The number of carbonyl (C=O) groups is 4. The van der Waals surface area contributed by atoms with Gasteiger partial charge in [-0.3, -0.25) is 4.79 Å². The molecule has 1 aromatic carbocycles. The highest BCUT2D eigenvalue weighted by atomic mass is 16.5. The van der Waals surface area contributed by atoms with Gasteiger partial charge in [-0.05, 0) is 32.9 Å². The van der Waals surface area contributed by atoms with Gasteiger partial charge in [-0.2, -0.15) is 0 Å². The first-order chi connectivity index (χ1) is 13.3. The molecule has 3 amide bonds. The van der Waals surface area contributed by atoms with E-state index in [2.05, 4.69) is 16.0 Å². The maximum atomic E-state index is 12.2. The molecule has 1 aliphatic rings. The number of benzene rings is 1. The van der Waals surface area contributed by atoms with Gasteiger partial charge in [0.1, 0.15) is 12.6 Å². The Morgan fingerprint density at radius 1 is 1.18 bits per heavy atom. The summed E-state index contributed by atoms with van der Waals surface area (Å²) in [6.07, 6.45) is 0. The lowest BCUT2D eigenvalue weighted by Crippen LogP contribution is -2.50. The summed E-state index contributed by atoms with van der Waals surface area (Å²) in [5.74, 6) is -1.74. The number of nitrogens with one attached hydrogen (secondary N) is 3. The van der Waals surface area contributed by atoms with E-state index in [1.807, 2.05) is 0 Å². The molecule has 0 fully saturated rings. The van der Waals surface area contributed by atoms with Crippen molar-refractivity contribution in [3.8, 4) is 0 Å². The van der Waals surface area contributed by atoms with Gasteiger partial charge in [0.05, 0.1) is 23.9 Å². The van der Waals surface area contributed by atoms with Gasteiger partial charge < -0.3 is 25.4 Å². The Kier molecular flexibility index (Phi) is 7.14. The van der Waals surface area contributed by atoms with Crippen LogP contribution in [0.25, 0.3) is 0 Å². The summed E-state index contributed by atoms with van der Waals surface area (Å²) in [6, 6.07) is 6.40. The highest BCUT2D eigenvalue weighted by Crippen LogP contribution is 2.15. The molecule has 1 heterocycles. The Morgan fingerprint density at radius 2 is 1.86 bits per heavy atom. The summed E-state index contributed by atoms with van der Waals surface area (Å²) >= 11 is 0. The second-order valence-electron chi connectivity index (χ2n) is 6.10. The molecule has 0 saturated heterocycles. The third-order valence-corrected chi connectivity index (χ3v) is 3.96. The van der Waals surface area contributed by atoms with E-state index >= 15 is 0 Å². The lowest BCUT2D eigenvalue weighted by Gasteiger charge is -2.26. The molecule has 0 saturated carbocycles. The Hall–Kier alpha value is -3.36. The van der Waals surface area contributed by atoms with E-state index in [1.54, 1.807) is 44.2 Å². The smallest absolute Gasteiger partial charge is 0.338 e. The lowest BCUT2D eigenvalue weighted by atomic mass is 10.0. The predicted molar refractivity (Wildman–Crippen MR) is 99.1 cm³/mol. The average molecular weight is 389 g/mol. The molecule has 2 atom stereocenters. The van der Waals surface area contributed by atoms with Crippen molar-refractivity contribution in [1.82, 2.24) is 16.0 Å². The van der Waals surface area contributed by atoms with Gasteiger partial charge in [-0.1, -0.05) is 18.2 Å². The summed E-state index contributed by atoms with van der Waals surface area (Å²) in [5.41, 5.74) is 0.730. The largest absolute Gasteiger partial charge is 0.463 e. The van der Waals surface area contributed by atoms with Crippen LogP contribution >= 0.6 is 0 Å². The topological polar surface area (TPSA) is 123 Å². The maximum Gasteiger partial charge on any atom is 0.338 e. The molecule has 0 bridgehead atoms. The third-order valence-electron chi connectivity index (χ3n) is 3.96. The van der Waals surface area contributed by atoms with Crippen LogP contribution in [0.2, 0.25) is 0 Å². The first-order valence-electron chi connectivity index (χ1n) is 8.83. The van der Waals surface area contributed by atoms with Gasteiger partial charge in [0.25, 0.3) is 5.91 Å². The second kappa shape index (κ2) is 9.54. The molecule has 0 aliphatic carbocycles. The Balaban J connectivity index is 2.02. The van der Waals surface area contributed by atoms with Gasteiger partial charge in [0.2, 0.25) is 0 Å². The van der Waals surface area contributed by atoms with Gasteiger partial charge in [-0.15, -0.1) is 0 Å². The Labute approximate surface area is 162 Å². The van der Waals surface area contributed by atoms with Gasteiger partial charge >= 0.3 is 18.0 Å². The van der Waals surface area contributed by atoms with Gasteiger partial charge in [0, 0.05) is 5.56 Å². The van der Waals surface area contributed by atoms with Crippen LogP contribution in [0.15, 0.2) is 41.6 Å². The zero-order valence-electron chi connectivity index (χ0n) is 15.9. The van der Waals surface area contributed by atoms with Crippen molar-refractivity contribution in [2.24, 2.45) is 0 Å². The van der Waals surface area contributed by atoms with Crippen molar-refractivity contribution in [1.29, 1.82) is 0 Å². The minimum Gasteiger partial charge on any atom is -0.463 e. The normalized spacial score (nSPS) is 17.1. The molecule has 28 heavy (non-hydrogen) atoms. The van der Waals surface area contributed by atoms with E-state index in [9.17, 15) is 19.2 Å². The molecule has 0 unspecified atom stereocenters. The van der Waals surface area contributed by atoms with E-state index in [0.717, 1.165) is 0 Å². The first-order valence-corrected chi connectivity index (χ1v) is 8.83. The van der Waals surface area contributed by atoms with E-state index in [-0.39, 0.29) is 24.5 Å². The minimum absolute atomic E-state index is 0.143. The zero-order chi connectivity index (χ0) is 20.7. The molecule has 1 aromatic rings. The molecular formula is C19H23N3O6. The summed E-state index contributed by atoms with van der Waals surface area (Å²) < 4.78 is 10.2. The van der Waals surface area contributed by atoms with Gasteiger partial charge in [-0.25, -0.2) is 14.4 Å².